The molecule has 1 fully saturated rings. The number of likely N-dealkylation sites (tertiary alicyclic amines) is 1. The summed E-state index contributed by atoms with van der Waals surface area (Å²) in [7, 11) is 1.75. The average Bonchev–Trinajstić information content (AvgIpc) is 3.13. The number of aromatic nitrogens is 1. The predicted molar refractivity (Wildman–Crippen MR) is 119 cm³/mol. The van der Waals surface area contributed by atoms with Crippen molar-refractivity contribution in [3.05, 3.63) is 17.8 Å². The second kappa shape index (κ2) is 10.2. The second-order valence-corrected chi connectivity index (χ2v) is 9.94. The molecule has 1 aromatic rings. The number of amides is 1. The summed E-state index contributed by atoms with van der Waals surface area (Å²) in [6.07, 6.45) is 4.67. The normalized spacial score (nSPS) is 18.3. The molecule has 0 aromatic carbocycles. The molecule has 0 aliphatic carbocycles. The van der Waals surface area contributed by atoms with E-state index in [2.05, 4.69) is 41.4 Å². The van der Waals surface area contributed by atoms with E-state index in [0.717, 1.165) is 44.7 Å². The molecule has 0 spiro atoms. The minimum Gasteiger partial charge on any atom is -0.444 e. The SMILES string of the molecule is CN=C(NCCC1CCCN(C(=O)OC(C)(C)C)C1)NCc1ncc(C(C)(C)C)o1. The topological polar surface area (TPSA) is 92.0 Å². The van der Waals surface area contributed by atoms with E-state index in [1.54, 1.807) is 13.2 Å². The van der Waals surface area contributed by atoms with Crippen LogP contribution in [-0.2, 0) is 16.7 Å². The van der Waals surface area contributed by atoms with E-state index in [1.165, 1.54) is 0 Å². The summed E-state index contributed by atoms with van der Waals surface area (Å²) in [5.41, 5.74) is -0.515. The Morgan fingerprint density at radius 2 is 2.03 bits per heavy atom. The van der Waals surface area contributed by atoms with Gasteiger partial charge in [-0.25, -0.2) is 9.78 Å². The first-order chi connectivity index (χ1) is 14.0. The van der Waals surface area contributed by atoms with Crippen LogP contribution >= 0.6 is 0 Å². The molecule has 0 radical (unpaired) electrons. The fourth-order valence-corrected chi connectivity index (χ4v) is 3.31. The lowest BCUT2D eigenvalue weighted by Gasteiger charge is -2.34. The van der Waals surface area contributed by atoms with Crippen molar-refractivity contribution in [2.45, 2.75) is 78.4 Å². The number of rotatable bonds is 5. The van der Waals surface area contributed by atoms with E-state index in [-0.39, 0.29) is 11.5 Å². The molecule has 30 heavy (non-hydrogen) atoms. The van der Waals surface area contributed by atoms with Gasteiger partial charge in [-0.3, -0.25) is 4.99 Å². The van der Waals surface area contributed by atoms with Gasteiger partial charge >= 0.3 is 6.09 Å². The van der Waals surface area contributed by atoms with Crippen LogP contribution in [0, 0.1) is 5.92 Å². The fourth-order valence-electron chi connectivity index (χ4n) is 3.31. The first kappa shape index (κ1) is 24.0. The summed E-state index contributed by atoms with van der Waals surface area (Å²) in [4.78, 5) is 22.7. The van der Waals surface area contributed by atoms with Crippen molar-refractivity contribution in [3.63, 3.8) is 0 Å². The Kier molecular flexibility index (Phi) is 8.15. The van der Waals surface area contributed by atoms with Gasteiger partial charge in [0.1, 0.15) is 11.4 Å². The van der Waals surface area contributed by atoms with Crippen LogP contribution in [0.4, 0.5) is 4.79 Å². The Labute approximate surface area is 180 Å². The smallest absolute Gasteiger partial charge is 0.410 e. The van der Waals surface area contributed by atoms with Gasteiger partial charge in [0.05, 0.1) is 12.7 Å². The molecule has 170 valence electrons. The van der Waals surface area contributed by atoms with Crippen LogP contribution in [0.1, 0.15) is 72.5 Å². The number of hydrogen-bond donors (Lipinski definition) is 2. The molecule has 1 atom stereocenters. The number of guanidine groups is 1. The fraction of sp³-hybridized carbons (Fsp3) is 0.773. The Hall–Kier alpha value is -2.25. The maximum absolute atomic E-state index is 12.3. The van der Waals surface area contributed by atoms with E-state index in [4.69, 9.17) is 9.15 Å². The maximum atomic E-state index is 12.3. The summed E-state index contributed by atoms with van der Waals surface area (Å²) in [5, 5.41) is 6.58. The van der Waals surface area contributed by atoms with Gasteiger partial charge < -0.3 is 24.7 Å². The van der Waals surface area contributed by atoms with Gasteiger partial charge in [-0.15, -0.1) is 0 Å². The van der Waals surface area contributed by atoms with Gasteiger partial charge in [-0.1, -0.05) is 20.8 Å². The summed E-state index contributed by atoms with van der Waals surface area (Å²) in [6.45, 7) is 14.8. The molecule has 1 unspecified atom stereocenters. The van der Waals surface area contributed by atoms with Crippen molar-refractivity contribution in [3.8, 4) is 0 Å². The van der Waals surface area contributed by atoms with E-state index < -0.39 is 5.60 Å². The molecular weight excluding hydrogens is 382 g/mol. The number of hydrogen-bond acceptors (Lipinski definition) is 5. The third kappa shape index (κ3) is 7.88. The molecular formula is C22H39N5O3. The zero-order chi connectivity index (χ0) is 22.4. The molecule has 0 saturated carbocycles. The van der Waals surface area contributed by atoms with Gasteiger partial charge in [-0.2, -0.15) is 0 Å². The summed E-state index contributed by atoms with van der Waals surface area (Å²) in [6, 6.07) is 0. The lowest BCUT2D eigenvalue weighted by molar-refractivity contribution is 0.0162. The zero-order valence-corrected chi connectivity index (χ0v) is 19.7. The minimum absolute atomic E-state index is 0.0572. The minimum atomic E-state index is -0.458. The van der Waals surface area contributed by atoms with Crippen LogP contribution in [-0.4, -0.2) is 54.2 Å². The molecule has 2 heterocycles. The van der Waals surface area contributed by atoms with Gasteiger partial charge in [0.25, 0.3) is 0 Å². The molecule has 2 N–H and O–H groups in total. The largest absolute Gasteiger partial charge is 0.444 e. The molecule has 2 rings (SSSR count). The van der Waals surface area contributed by atoms with Gasteiger partial charge in [0, 0.05) is 32.1 Å². The Balaban J connectivity index is 1.74. The van der Waals surface area contributed by atoms with E-state index in [9.17, 15) is 4.79 Å². The number of nitrogens with one attached hydrogen (secondary N) is 2. The lowest BCUT2D eigenvalue weighted by atomic mass is 9.94. The summed E-state index contributed by atoms with van der Waals surface area (Å²) in [5.74, 6) is 2.68. The average molecular weight is 422 g/mol. The van der Waals surface area contributed by atoms with Crippen LogP contribution < -0.4 is 10.6 Å². The number of piperidine rings is 1. The molecule has 0 bridgehead atoms. The summed E-state index contributed by atoms with van der Waals surface area (Å²) < 4.78 is 11.3. The standard InChI is InChI=1S/C22H39N5O3/c1-21(2,3)17-13-25-18(29-17)14-26-19(23-7)24-11-10-16-9-8-12-27(15-16)20(28)30-22(4,5)6/h13,16H,8-12,14-15H2,1-7H3,(H2,23,24,26). The van der Waals surface area contributed by atoms with Gasteiger partial charge in [0.2, 0.25) is 5.89 Å². The van der Waals surface area contributed by atoms with Crippen molar-refractivity contribution in [2.75, 3.05) is 26.7 Å². The number of carbonyl (C=O) groups excluding carboxylic acids is 1. The molecule has 1 aliphatic heterocycles. The highest BCUT2D eigenvalue weighted by Gasteiger charge is 2.27. The van der Waals surface area contributed by atoms with E-state index in [1.807, 2.05) is 25.7 Å². The third-order valence-corrected chi connectivity index (χ3v) is 4.94. The van der Waals surface area contributed by atoms with Crippen molar-refractivity contribution >= 4 is 12.1 Å². The van der Waals surface area contributed by atoms with Gasteiger partial charge in [-0.05, 0) is 46.0 Å². The van der Waals surface area contributed by atoms with Crippen LogP contribution in [0.25, 0.3) is 0 Å². The molecule has 8 nitrogen and oxygen atoms in total. The molecule has 8 heteroatoms. The van der Waals surface area contributed by atoms with Crippen molar-refractivity contribution in [1.29, 1.82) is 0 Å². The predicted octanol–water partition coefficient (Wildman–Crippen LogP) is 3.67. The molecule has 1 amide bonds. The monoisotopic (exact) mass is 421 g/mol. The van der Waals surface area contributed by atoms with Crippen LogP contribution in [0.5, 0.6) is 0 Å². The number of ether oxygens (including phenoxy) is 1. The van der Waals surface area contributed by atoms with E-state index >= 15 is 0 Å². The Morgan fingerprint density at radius 3 is 2.63 bits per heavy atom. The lowest BCUT2D eigenvalue weighted by Crippen LogP contribution is -2.44. The van der Waals surface area contributed by atoms with Crippen LogP contribution in [0.3, 0.4) is 0 Å². The van der Waals surface area contributed by atoms with Crippen molar-refractivity contribution in [1.82, 2.24) is 20.5 Å². The third-order valence-electron chi connectivity index (χ3n) is 4.94. The maximum Gasteiger partial charge on any atom is 0.410 e. The van der Waals surface area contributed by atoms with Crippen molar-refractivity contribution < 1.29 is 13.9 Å². The Bertz CT molecular complexity index is 715. The van der Waals surface area contributed by atoms with Crippen LogP contribution in [0.2, 0.25) is 0 Å². The Morgan fingerprint density at radius 1 is 1.30 bits per heavy atom. The number of aliphatic imine (C=N–C) groups is 1. The zero-order valence-electron chi connectivity index (χ0n) is 19.7. The van der Waals surface area contributed by atoms with Gasteiger partial charge in [0.15, 0.2) is 5.96 Å². The highest BCUT2D eigenvalue weighted by Crippen LogP contribution is 2.23. The first-order valence-corrected chi connectivity index (χ1v) is 10.9. The second-order valence-electron chi connectivity index (χ2n) is 9.94. The highest BCUT2D eigenvalue weighted by molar-refractivity contribution is 5.79. The molecule has 1 saturated heterocycles. The molecule has 1 aliphatic rings. The highest BCUT2D eigenvalue weighted by atomic mass is 16.6. The number of carbonyl (C=O) groups is 1. The summed E-state index contributed by atoms with van der Waals surface area (Å²) >= 11 is 0. The van der Waals surface area contributed by atoms with Crippen LogP contribution in [0.15, 0.2) is 15.6 Å². The first-order valence-electron chi connectivity index (χ1n) is 10.9. The van der Waals surface area contributed by atoms with Crippen molar-refractivity contribution in [2.24, 2.45) is 10.9 Å². The number of nitrogens with zero attached hydrogens (tertiary/aromatic N) is 3. The quantitative estimate of drug-likeness (QED) is 0.557. The number of oxazole rings is 1. The van der Waals surface area contributed by atoms with E-state index in [0.29, 0.717) is 24.3 Å². The molecule has 1 aromatic heterocycles.